The second-order valence-corrected chi connectivity index (χ2v) is 5.96. The van der Waals surface area contributed by atoms with Gasteiger partial charge in [-0.25, -0.2) is 0 Å². The lowest BCUT2D eigenvalue weighted by Gasteiger charge is -2.23. The van der Waals surface area contributed by atoms with E-state index < -0.39 is 0 Å². The molecule has 0 saturated heterocycles. The summed E-state index contributed by atoms with van der Waals surface area (Å²) in [6.45, 7) is 3.02. The second-order valence-electron chi connectivity index (χ2n) is 5.96. The van der Waals surface area contributed by atoms with Gasteiger partial charge in [0, 0.05) is 13.6 Å². The number of methoxy groups -OCH3 is 1. The van der Waals surface area contributed by atoms with Gasteiger partial charge in [-0.2, -0.15) is 0 Å². The lowest BCUT2D eigenvalue weighted by molar-refractivity contribution is -0.125. The van der Waals surface area contributed by atoms with Crippen molar-refractivity contribution in [3.63, 3.8) is 0 Å². The van der Waals surface area contributed by atoms with Crippen molar-refractivity contribution in [2.45, 2.75) is 26.1 Å². The van der Waals surface area contributed by atoms with Gasteiger partial charge in [0.15, 0.2) is 11.5 Å². The van der Waals surface area contributed by atoms with Crippen LogP contribution in [0.15, 0.2) is 48.5 Å². The van der Waals surface area contributed by atoms with Gasteiger partial charge in [0.05, 0.1) is 13.2 Å². The molecule has 5 heteroatoms. The number of carbonyl (C=O) groups excluding carboxylic acids is 1. The molecule has 0 saturated carbocycles. The molecular formula is C20H26N2O3. The lowest BCUT2D eigenvalue weighted by Crippen LogP contribution is -2.41. The van der Waals surface area contributed by atoms with Gasteiger partial charge < -0.3 is 14.8 Å². The van der Waals surface area contributed by atoms with Crippen molar-refractivity contribution in [1.82, 2.24) is 10.2 Å². The van der Waals surface area contributed by atoms with Crippen LogP contribution < -0.4 is 14.8 Å². The highest BCUT2D eigenvalue weighted by molar-refractivity contribution is 5.80. The normalized spacial score (nSPS) is 11.9. The van der Waals surface area contributed by atoms with E-state index in [1.807, 2.05) is 67.4 Å². The highest BCUT2D eigenvalue weighted by Crippen LogP contribution is 2.29. The Morgan fingerprint density at radius 2 is 1.84 bits per heavy atom. The molecular weight excluding hydrogens is 316 g/mol. The molecule has 25 heavy (non-hydrogen) atoms. The Morgan fingerprint density at radius 1 is 1.12 bits per heavy atom. The Morgan fingerprint density at radius 3 is 2.48 bits per heavy atom. The summed E-state index contributed by atoms with van der Waals surface area (Å²) < 4.78 is 11.3. The summed E-state index contributed by atoms with van der Waals surface area (Å²) in [6.07, 6.45) is 0. The van der Waals surface area contributed by atoms with Crippen molar-refractivity contribution in [3.8, 4) is 11.5 Å². The van der Waals surface area contributed by atoms with Crippen LogP contribution in [-0.2, 0) is 17.9 Å². The maximum atomic E-state index is 11.7. The minimum absolute atomic E-state index is 0.00252. The molecule has 2 rings (SSSR count). The van der Waals surface area contributed by atoms with Gasteiger partial charge in [-0.1, -0.05) is 36.4 Å². The molecule has 0 aliphatic heterocycles. The fourth-order valence-electron chi connectivity index (χ4n) is 2.50. The third kappa shape index (κ3) is 5.22. The maximum Gasteiger partial charge on any atom is 0.236 e. The number of carbonyl (C=O) groups is 1. The van der Waals surface area contributed by atoms with E-state index >= 15 is 0 Å². The summed E-state index contributed by atoms with van der Waals surface area (Å²) in [7, 11) is 5.20. The standard InChI is InChI=1S/C20H26N2O3/c1-15(20(23)21-2)22(3)13-17-10-11-18(19(12-17)24-4)25-14-16-8-6-5-7-9-16/h5-12,15H,13-14H2,1-4H3,(H,21,23)/t15-/m1/s1. The van der Waals surface area contributed by atoms with E-state index in [4.69, 9.17) is 9.47 Å². The third-order valence-corrected chi connectivity index (χ3v) is 4.18. The number of ether oxygens (including phenoxy) is 2. The maximum absolute atomic E-state index is 11.7. The van der Waals surface area contributed by atoms with Crippen LogP contribution in [0.4, 0.5) is 0 Å². The molecule has 1 atom stereocenters. The van der Waals surface area contributed by atoms with E-state index in [0.29, 0.717) is 24.7 Å². The fraction of sp³-hybridized carbons (Fsp3) is 0.350. The van der Waals surface area contributed by atoms with Crippen molar-refractivity contribution in [2.24, 2.45) is 0 Å². The van der Waals surface area contributed by atoms with Crippen molar-refractivity contribution in [3.05, 3.63) is 59.7 Å². The van der Waals surface area contributed by atoms with Crippen LogP contribution in [0.25, 0.3) is 0 Å². The molecule has 0 bridgehead atoms. The van der Waals surface area contributed by atoms with Gasteiger partial charge in [0.1, 0.15) is 6.61 Å². The molecule has 2 aromatic rings. The summed E-state index contributed by atoms with van der Waals surface area (Å²) >= 11 is 0. The molecule has 0 unspecified atom stereocenters. The monoisotopic (exact) mass is 342 g/mol. The average molecular weight is 342 g/mol. The van der Waals surface area contributed by atoms with Gasteiger partial charge in [-0.15, -0.1) is 0 Å². The highest BCUT2D eigenvalue weighted by Gasteiger charge is 2.17. The van der Waals surface area contributed by atoms with E-state index in [9.17, 15) is 4.79 Å². The van der Waals surface area contributed by atoms with Gasteiger partial charge in [0.25, 0.3) is 0 Å². The molecule has 0 spiro atoms. The zero-order chi connectivity index (χ0) is 18.2. The molecule has 0 heterocycles. The first kappa shape index (κ1) is 18.8. The number of amides is 1. The highest BCUT2D eigenvalue weighted by atomic mass is 16.5. The zero-order valence-electron chi connectivity index (χ0n) is 15.3. The Kier molecular flexibility index (Phi) is 6.83. The van der Waals surface area contributed by atoms with Crippen LogP contribution in [0.1, 0.15) is 18.1 Å². The predicted molar refractivity (Wildman–Crippen MR) is 98.8 cm³/mol. The van der Waals surface area contributed by atoms with E-state index in [1.165, 1.54) is 0 Å². The third-order valence-electron chi connectivity index (χ3n) is 4.18. The lowest BCUT2D eigenvalue weighted by atomic mass is 10.1. The van der Waals surface area contributed by atoms with E-state index in [1.54, 1.807) is 14.2 Å². The van der Waals surface area contributed by atoms with Crippen LogP contribution in [0, 0.1) is 0 Å². The van der Waals surface area contributed by atoms with Crippen LogP contribution in [0.2, 0.25) is 0 Å². The topological polar surface area (TPSA) is 50.8 Å². The molecule has 1 N–H and O–H groups in total. The van der Waals surface area contributed by atoms with Crippen molar-refractivity contribution in [2.75, 3.05) is 21.2 Å². The number of nitrogens with one attached hydrogen (secondary N) is 1. The van der Waals surface area contributed by atoms with Crippen LogP contribution in [-0.4, -0.2) is 38.1 Å². The van der Waals surface area contributed by atoms with Gasteiger partial charge >= 0.3 is 0 Å². The van der Waals surface area contributed by atoms with Crippen LogP contribution in [0.3, 0.4) is 0 Å². The number of benzene rings is 2. The first-order valence-electron chi connectivity index (χ1n) is 8.30. The fourth-order valence-corrected chi connectivity index (χ4v) is 2.50. The van der Waals surface area contributed by atoms with E-state index in [2.05, 4.69) is 5.32 Å². The molecule has 0 aromatic heterocycles. The average Bonchev–Trinajstić information content (AvgIpc) is 2.66. The Hall–Kier alpha value is -2.53. The van der Waals surface area contributed by atoms with Gasteiger partial charge in [-0.05, 0) is 37.2 Å². The second kappa shape index (κ2) is 9.08. The Balaban J connectivity index is 2.04. The number of rotatable bonds is 8. The summed E-state index contributed by atoms with van der Waals surface area (Å²) in [5.74, 6) is 1.39. The molecule has 2 aromatic carbocycles. The quantitative estimate of drug-likeness (QED) is 0.801. The van der Waals surface area contributed by atoms with Crippen molar-refractivity contribution in [1.29, 1.82) is 0 Å². The minimum Gasteiger partial charge on any atom is -0.493 e. The number of hydrogen-bond acceptors (Lipinski definition) is 4. The molecule has 0 radical (unpaired) electrons. The van der Waals surface area contributed by atoms with E-state index in [0.717, 1.165) is 11.1 Å². The largest absolute Gasteiger partial charge is 0.493 e. The molecule has 0 aliphatic rings. The smallest absolute Gasteiger partial charge is 0.236 e. The summed E-state index contributed by atoms with van der Waals surface area (Å²) in [5, 5.41) is 2.67. The molecule has 0 fully saturated rings. The minimum atomic E-state index is -0.204. The number of hydrogen-bond donors (Lipinski definition) is 1. The first-order chi connectivity index (χ1) is 12.0. The zero-order valence-corrected chi connectivity index (χ0v) is 15.3. The van der Waals surface area contributed by atoms with E-state index in [-0.39, 0.29) is 11.9 Å². The summed E-state index contributed by atoms with van der Waals surface area (Å²) in [5.41, 5.74) is 2.16. The molecule has 5 nitrogen and oxygen atoms in total. The Labute approximate surface area is 149 Å². The summed E-state index contributed by atoms with van der Waals surface area (Å²) in [4.78, 5) is 13.7. The van der Waals surface area contributed by atoms with Gasteiger partial charge in [0.2, 0.25) is 5.91 Å². The van der Waals surface area contributed by atoms with Crippen molar-refractivity contribution >= 4 is 5.91 Å². The van der Waals surface area contributed by atoms with Crippen LogP contribution >= 0.6 is 0 Å². The molecule has 134 valence electrons. The van der Waals surface area contributed by atoms with Gasteiger partial charge in [-0.3, -0.25) is 9.69 Å². The van der Waals surface area contributed by atoms with Crippen molar-refractivity contribution < 1.29 is 14.3 Å². The number of likely N-dealkylation sites (N-methyl/N-ethyl adjacent to an activating group) is 2. The summed E-state index contributed by atoms with van der Waals surface area (Å²) in [6, 6.07) is 15.7. The Bertz CT molecular complexity index is 689. The predicted octanol–water partition coefficient (Wildman–Crippen LogP) is 2.84. The van der Waals surface area contributed by atoms with Crippen LogP contribution in [0.5, 0.6) is 11.5 Å². The molecule has 0 aliphatic carbocycles. The molecule has 1 amide bonds. The SMILES string of the molecule is CNC(=O)[C@@H](C)N(C)Cc1ccc(OCc2ccccc2)c(OC)c1. The first-order valence-corrected chi connectivity index (χ1v) is 8.30. The number of nitrogens with zero attached hydrogens (tertiary/aromatic N) is 1.